The summed E-state index contributed by atoms with van der Waals surface area (Å²) in [4.78, 5) is 40.5. The summed E-state index contributed by atoms with van der Waals surface area (Å²) in [5, 5.41) is 14.2. The lowest BCUT2D eigenvalue weighted by Crippen LogP contribution is -2.47. The standard InChI is InChI=1S/C61H73ClN10O11S2/c1-7-81-59(74)36-49(45-19-16-42(4)47(33-45)39-72-38-43(5)83-53-13-9-11-15-56(53)85(72,77)78)46-34-52-60(69(6)68-67-52)54(35-46)82-40-58(73)63-22-28-79-30-31-80-29-27-70-23-25-71(26-24-70)48-20-17-44(18-21-48)32-57-64-37-50(62)61(66-57)65-51-12-8-10-14-55(51)84(75,76)41(2)3/h8-21,33-35,37,41,43,49H,7,22-32,36,38-40H2,1-6H3,(H,63,73)(H,64,65,66). The van der Waals surface area contributed by atoms with Crippen molar-refractivity contribution < 1.29 is 50.1 Å². The lowest BCUT2D eigenvalue weighted by atomic mass is 9.86. The van der Waals surface area contributed by atoms with Gasteiger partial charge in [0.15, 0.2) is 22.3 Å². The van der Waals surface area contributed by atoms with Crippen LogP contribution in [0.15, 0.2) is 119 Å². The van der Waals surface area contributed by atoms with Gasteiger partial charge in [0.1, 0.15) is 44.4 Å². The van der Waals surface area contributed by atoms with Gasteiger partial charge in [0, 0.05) is 70.9 Å². The van der Waals surface area contributed by atoms with E-state index in [0.717, 1.165) is 60.7 Å². The van der Waals surface area contributed by atoms with Crippen LogP contribution in [0.5, 0.6) is 11.5 Å². The molecule has 4 heterocycles. The topological polar surface area (TPSA) is 239 Å². The first kappa shape index (κ1) is 62.3. The Kier molecular flexibility index (Phi) is 20.7. The molecule has 5 aromatic carbocycles. The Morgan fingerprint density at radius 1 is 0.894 bits per heavy atom. The number of aryl methyl sites for hydroxylation is 2. The molecule has 1 amide bonds. The number of nitrogens with one attached hydrogen (secondary N) is 2. The molecule has 1 saturated heterocycles. The molecule has 2 N–H and O–H groups in total. The molecule has 2 aromatic heterocycles. The molecule has 2 unspecified atom stereocenters. The molecule has 9 rings (SSSR count). The number of hydrogen-bond acceptors (Lipinski definition) is 18. The summed E-state index contributed by atoms with van der Waals surface area (Å²) in [7, 11) is -5.74. The molecule has 0 radical (unpaired) electrons. The monoisotopic (exact) mass is 1220 g/mol. The lowest BCUT2D eigenvalue weighted by molar-refractivity contribution is -0.143. The highest BCUT2D eigenvalue weighted by molar-refractivity contribution is 7.92. The summed E-state index contributed by atoms with van der Waals surface area (Å²) < 4.78 is 86.3. The number of carbonyl (C=O) groups excluding carboxylic acids is 2. The number of benzene rings is 5. The fourth-order valence-corrected chi connectivity index (χ4v) is 13.2. The number of amides is 1. The number of rotatable bonds is 26. The fraction of sp³-hybridized carbons (Fsp3) is 0.410. The number of piperazine rings is 1. The highest BCUT2D eigenvalue weighted by Gasteiger charge is 2.34. The zero-order valence-corrected chi connectivity index (χ0v) is 51.1. The van der Waals surface area contributed by atoms with Crippen molar-refractivity contribution in [2.75, 3.05) is 95.7 Å². The number of fused-ring (bicyclic) bond motifs is 2. The van der Waals surface area contributed by atoms with Gasteiger partial charge in [0.05, 0.1) is 68.0 Å². The van der Waals surface area contributed by atoms with Gasteiger partial charge in [0.2, 0.25) is 10.0 Å². The third-order valence-corrected chi connectivity index (χ3v) is 19.2. The van der Waals surface area contributed by atoms with E-state index in [4.69, 9.17) is 35.3 Å². The molecule has 85 heavy (non-hydrogen) atoms. The van der Waals surface area contributed by atoms with Crippen LogP contribution in [0, 0.1) is 6.92 Å². The van der Waals surface area contributed by atoms with E-state index in [0.29, 0.717) is 71.7 Å². The molecule has 2 atom stereocenters. The van der Waals surface area contributed by atoms with E-state index in [2.05, 4.69) is 65.0 Å². The van der Waals surface area contributed by atoms with Crippen molar-refractivity contribution in [3.05, 3.63) is 148 Å². The molecule has 1 fully saturated rings. The SMILES string of the molecule is CCOC(=O)CC(c1ccc(C)c(CN2CC(C)Oc3ccccc3S2(=O)=O)c1)c1cc(OCC(=O)NCCOCCOCCN2CCN(c3ccc(Cc4ncc(Cl)c(Nc5ccccc5S(=O)(=O)C(C)C)n4)cc3)CC2)c2c(c1)nnn2C. The molecular weight excluding hydrogens is 1150 g/mol. The highest BCUT2D eigenvalue weighted by atomic mass is 35.5. The number of para-hydroxylation sites is 2. The van der Waals surface area contributed by atoms with Crippen LogP contribution in [0.3, 0.4) is 0 Å². The van der Waals surface area contributed by atoms with Gasteiger partial charge < -0.3 is 39.2 Å². The van der Waals surface area contributed by atoms with Gasteiger partial charge in [-0.25, -0.2) is 31.5 Å². The van der Waals surface area contributed by atoms with Gasteiger partial charge >= 0.3 is 5.97 Å². The van der Waals surface area contributed by atoms with E-state index in [9.17, 15) is 26.4 Å². The summed E-state index contributed by atoms with van der Waals surface area (Å²) in [5.74, 6) is 0.192. The van der Waals surface area contributed by atoms with Crippen LogP contribution in [0.2, 0.25) is 5.02 Å². The van der Waals surface area contributed by atoms with Crippen molar-refractivity contribution in [3.8, 4) is 11.5 Å². The average Bonchev–Trinajstić information content (AvgIpc) is 3.97. The molecule has 2 aliphatic rings. The number of sulfonamides is 1. The van der Waals surface area contributed by atoms with E-state index < -0.39 is 43.1 Å². The van der Waals surface area contributed by atoms with Crippen LogP contribution in [0.25, 0.3) is 11.0 Å². The Balaban J connectivity index is 0.700. The number of esters is 1. The maximum absolute atomic E-state index is 14.0. The minimum atomic E-state index is -3.92. The zero-order valence-electron chi connectivity index (χ0n) is 48.7. The molecule has 0 spiro atoms. The van der Waals surface area contributed by atoms with E-state index in [1.807, 2.05) is 38.1 Å². The van der Waals surface area contributed by atoms with Crippen molar-refractivity contribution >= 4 is 71.6 Å². The number of halogens is 1. The molecule has 0 bridgehead atoms. The third-order valence-electron chi connectivity index (χ3n) is 14.9. The molecule has 24 heteroatoms. The minimum absolute atomic E-state index is 0.0342. The predicted molar refractivity (Wildman–Crippen MR) is 324 cm³/mol. The van der Waals surface area contributed by atoms with Gasteiger partial charge in [-0.15, -0.1) is 5.10 Å². The van der Waals surface area contributed by atoms with E-state index in [1.54, 1.807) is 87.1 Å². The van der Waals surface area contributed by atoms with Gasteiger partial charge in [-0.05, 0) is 111 Å². The third kappa shape index (κ3) is 15.6. The molecule has 21 nitrogen and oxygen atoms in total. The van der Waals surface area contributed by atoms with Crippen molar-refractivity contribution in [2.45, 2.75) is 81.1 Å². The highest BCUT2D eigenvalue weighted by Crippen LogP contribution is 2.38. The van der Waals surface area contributed by atoms with Gasteiger partial charge in [-0.2, -0.15) is 4.31 Å². The van der Waals surface area contributed by atoms with E-state index in [-0.39, 0.29) is 66.6 Å². The first-order chi connectivity index (χ1) is 40.9. The largest absolute Gasteiger partial charge is 0.488 e. The number of hydrogen-bond donors (Lipinski definition) is 2. The van der Waals surface area contributed by atoms with Crippen molar-refractivity contribution in [2.24, 2.45) is 7.05 Å². The first-order valence-corrected chi connectivity index (χ1v) is 31.8. The summed E-state index contributed by atoms with van der Waals surface area (Å²) >= 11 is 6.47. The second kappa shape index (κ2) is 28.3. The van der Waals surface area contributed by atoms with Crippen molar-refractivity contribution in [3.63, 3.8) is 0 Å². The Morgan fingerprint density at radius 2 is 1.64 bits per heavy atom. The fourth-order valence-electron chi connectivity index (χ4n) is 10.2. The van der Waals surface area contributed by atoms with E-state index in [1.165, 1.54) is 10.5 Å². The van der Waals surface area contributed by atoms with Crippen LogP contribution < -0.4 is 25.0 Å². The number of carbonyl (C=O) groups is 2. The molecule has 452 valence electrons. The Labute approximate surface area is 501 Å². The number of ether oxygens (including phenoxy) is 5. The van der Waals surface area contributed by atoms with Crippen LogP contribution >= 0.6 is 11.6 Å². The van der Waals surface area contributed by atoms with Gasteiger partial charge in [0.25, 0.3) is 5.91 Å². The second-order valence-electron chi connectivity index (χ2n) is 21.3. The van der Waals surface area contributed by atoms with Crippen molar-refractivity contribution in [1.82, 2.24) is 39.5 Å². The minimum Gasteiger partial charge on any atom is -0.488 e. The molecule has 7 aromatic rings. The molecular formula is C61H73ClN10O11S2. The van der Waals surface area contributed by atoms with Crippen LogP contribution in [-0.2, 0) is 63.7 Å². The first-order valence-electron chi connectivity index (χ1n) is 28.4. The number of sulfone groups is 1. The van der Waals surface area contributed by atoms with Gasteiger partial charge in [-0.3, -0.25) is 14.5 Å². The molecule has 0 saturated carbocycles. The van der Waals surface area contributed by atoms with E-state index >= 15 is 0 Å². The summed E-state index contributed by atoms with van der Waals surface area (Å²) in [5.41, 5.74) is 6.66. The zero-order chi connectivity index (χ0) is 60.3. The molecule has 2 aliphatic heterocycles. The summed E-state index contributed by atoms with van der Waals surface area (Å²) in [6.45, 7) is 15.1. The maximum atomic E-state index is 14.0. The second-order valence-corrected chi connectivity index (χ2v) is 26.0. The number of aromatic nitrogens is 5. The Hall–Kier alpha value is -7.25. The number of nitrogens with zero attached hydrogens (tertiary/aromatic N) is 8. The number of anilines is 3. The van der Waals surface area contributed by atoms with Crippen molar-refractivity contribution in [1.29, 1.82) is 0 Å². The summed E-state index contributed by atoms with van der Waals surface area (Å²) in [6, 6.07) is 31.1. The average molecular weight is 1220 g/mol. The lowest BCUT2D eigenvalue weighted by Gasteiger charge is -2.36. The normalized spacial score (nSPS) is 15.9. The van der Waals surface area contributed by atoms with Crippen LogP contribution in [0.4, 0.5) is 17.2 Å². The maximum Gasteiger partial charge on any atom is 0.306 e. The molecule has 0 aliphatic carbocycles. The quantitative estimate of drug-likeness (QED) is 0.0391. The Morgan fingerprint density at radius 3 is 2.40 bits per heavy atom. The Bertz CT molecular complexity index is 3690. The predicted octanol–water partition coefficient (Wildman–Crippen LogP) is 7.64. The van der Waals surface area contributed by atoms with Crippen LogP contribution in [-0.4, -0.2) is 160 Å². The summed E-state index contributed by atoms with van der Waals surface area (Å²) in [6.07, 6.45) is 1.55. The van der Waals surface area contributed by atoms with Crippen LogP contribution in [0.1, 0.15) is 73.7 Å². The smallest absolute Gasteiger partial charge is 0.306 e. The van der Waals surface area contributed by atoms with Gasteiger partial charge in [-0.1, -0.05) is 71.4 Å².